The fourth-order valence-electron chi connectivity index (χ4n) is 3.94. The quantitative estimate of drug-likeness (QED) is 0.275. The summed E-state index contributed by atoms with van der Waals surface area (Å²) >= 11 is 0. The number of rotatable bonds is 10. The van der Waals surface area contributed by atoms with Crippen molar-refractivity contribution in [2.24, 2.45) is 0 Å². The van der Waals surface area contributed by atoms with Gasteiger partial charge in [-0.2, -0.15) is 13.2 Å². The van der Waals surface area contributed by atoms with Crippen molar-refractivity contribution in [1.82, 2.24) is 4.90 Å². The zero-order valence-corrected chi connectivity index (χ0v) is 21.5. The molecule has 0 bridgehead atoms. The van der Waals surface area contributed by atoms with Gasteiger partial charge in [-0.05, 0) is 60.4 Å². The van der Waals surface area contributed by atoms with Gasteiger partial charge in [-0.25, -0.2) is 4.79 Å². The molecule has 0 aromatic heterocycles. The van der Waals surface area contributed by atoms with Gasteiger partial charge in [-0.1, -0.05) is 42.5 Å². The SMILES string of the molecule is CCOC(=O)Cc1ccc(OC)c(-c2ccc(C(F)(F)F)cc2CN(CC)C(=O)OCc2ccccc2)c1. The van der Waals surface area contributed by atoms with Crippen LogP contribution in [0.25, 0.3) is 11.1 Å². The molecular formula is C29H30F3NO5. The fourth-order valence-corrected chi connectivity index (χ4v) is 3.94. The number of carbonyl (C=O) groups is 2. The third kappa shape index (κ3) is 7.50. The number of esters is 1. The first-order chi connectivity index (χ1) is 18.2. The van der Waals surface area contributed by atoms with Gasteiger partial charge < -0.3 is 19.1 Å². The van der Waals surface area contributed by atoms with Crippen LogP contribution in [0.5, 0.6) is 5.75 Å². The summed E-state index contributed by atoms with van der Waals surface area (Å²) in [6.07, 6.45) is -5.23. The Kier molecular flexibility index (Phi) is 9.76. The van der Waals surface area contributed by atoms with E-state index >= 15 is 0 Å². The lowest BCUT2D eigenvalue weighted by Crippen LogP contribution is -2.31. The molecule has 0 aliphatic heterocycles. The molecule has 0 N–H and O–H groups in total. The number of hydrogen-bond donors (Lipinski definition) is 0. The topological polar surface area (TPSA) is 65.1 Å². The first-order valence-electron chi connectivity index (χ1n) is 12.1. The van der Waals surface area contributed by atoms with Crippen LogP contribution in [0.15, 0.2) is 66.7 Å². The molecule has 0 fully saturated rings. The molecule has 3 rings (SSSR count). The molecule has 0 unspecified atom stereocenters. The van der Waals surface area contributed by atoms with E-state index in [0.717, 1.165) is 17.7 Å². The first-order valence-corrected chi connectivity index (χ1v) is 12.1. The summed E-state index contributed by atoms with van der Waals surface area (Å²) in [5.41, 5.74) is 1.75. The van der Waals surface area contributed by atoms with Gasteiger partial charge in [0.25, 0.3) is 0 Å². The highest BCUT2D eigenvalue weighted by Crippen LogP contribution is 2.38. The third-order valence-electron chi connectivity index (χ3n) is 5.85. The van der Waals surface area contributed by atoms with Crippen molar-refractivity contribution in [2.75, 3.05) is 20.3 Å². The molecule has 1 amide bonds. The second-order valence-corrected chi connectivity index (χ2v) is 8.44. The predicted octanol–water partition coefficient (Wildman–Crippen LogP) is 6.65. The molecule has 0 aliphatic rings. The van der Waals surface area contributed by atoms with Crippen LogP contribution >= 0.6 is 0 Å². The lowest BCUT2D eigenvalue weighted by Gasteiger charge is -2.23. The highest BCUT2D eigenvalue weighted by atomic mass is 19.4. The smallest absolute Gasteiger partial charge is 0.416 e. The molecule has 0 heterocycles. The zero-order valence-electron chi connectivity index (χ0n) is 21.5. The van der Waals surface area contributed by atoms with Gasteiger partial charge in [0.05, 0.1) is 25.7 Å². The summed E-state index contributed by atoms with van der Waals surface area (Å²) in [7, 11) is 1.45. The minimum Gasteiger partial charge on any atom is -0.496 e. The number of ether oxygens (including phenoxy) is 3. The summed E-state index contributed by atoms with van der Waals surface area (Å²) in [5, 5.41) is 0. The highest BCUT2D eigenvalue weighted by Gasteiger charge is 2.32. The van der Waals surface area contributed by atoms with Gasteiger partial charge in [-0.3, -0.25) is 4.79 Å². The molecule has 3 aromatic rings. The van der Waals surface area contributed by atoms with E-state index in [1.165, 1.54) is 18.1 Å². The van der Waals surface area contributed by atoms with Gasteiger partial charge in [0.15, 0.2) is 0 Å². The fraction of sp³-hybridized carbons (Fsp3) is 0.310. The largest absolute Gasteiger partial charge is 0.496 e. The number of benzene rings is 3. The Bertz CT molecular complexity index is 1240. The van der Waals surface area contributed by atoms with Crippen LogP contribution in [-0.4, -0.2) is 37.2 Å². The van der Waals surface area contributed by atoms with Crippen molar-refractivity contribution in [2.45, 2.75) is 39.6 Å². The first kappa shape index (κ1) is 28.6. The van der Waals surface area contributed by atoms with Crippen LogP contribution < -0.4 is 4.74 Å². The van der Waals surface area contributed by atoms with E-state index < -0.39 is 23.8 Å². The lowest BCUT2D eigenvalue weighted by molar-refractivity contribution is -0.142. The number of carbonyl (C=O) groups excluding carboxylic acids is 2. The Labute approximate surface area is 219 Å². The van der Waals surface area contributed by atoms with Crippen LogP contribution in [-0.2, 0) is 40.0 Å². The average Bonchev–Trinajstić information content (AvgIpc) is 2.90. The molecule has 0 saturated carbocycles. The van der Waals surface area contributed by atoms with Gasteiger partial charge in [0.1, 0.15) is 12.4 Å². The minimum atomic E-state index is -4.58. The molecule has 9 heteroatoms. The summed E-state index contributed by atoms with van der Waals surface area (Å²) in [6, 6.07) is 17.5. The zero-order chi connectivity index (χ0) is 27.7. The number of methoxy groups -OCH3 is 1. The Morgan fingerprint density at radius 1 is 0.868 bits per heavy atom. The maximum atomic E-state index is 13.6. The molecule has 6 nitrogen and oxygen atoms in total. The summed E-state index contributed by atoms with van der Waals surface area (Å²) < 4.78 is 56.8. The molecule has 38 heavy (non-hydrogen) atoms. The van der Waals surface area contributed by atoms with E-state index in [2.05, 4.69) is 0 Å². The maximum absolute atomic E-state index is 13.6. The van der Waals surface area contributed by atoms with E-state index in [0.29, 0.717) is 22.4 Å². The molecule has 0 atom stereocenters. The van der Waals surface area contributed by atoms with Gasteiger partial charge in [0, 0.05) is 18.7 Å². The summed E-state index contributed by atoms with van der Waals surface area (Å²) in [5.74, 6) is -0.0112. The summed E-state index contributed by atoms with van der Waals surface area (Å²) in [4.78, 5) is 26.2. The Balaban J connectivity index is 1.98. The monoisotopic (exact) mass is 529 g/mol. The normalized spacial score (nSPS) is 11.1. The maximum Gasteiger partial charge on any atom is 0.416 e. The van der Waals surface area contributed by atoms with Gasteiger partial charge >= 0.3 is 18.2 Å². The van der Waals surface area contributed by atoms with Crippen LogP contribution in [0.1, 0.15) is 36.1 Å². The minimum absolute atomic E-state index is 0.00625. The second kappa shape index (κ2) is 13.0. The van der Waals surface area contributed by atoms with Crippen LogP contribution in [0.3, 0.4) is 0 Å². The summed E-state index contributed by atoms with van der Waals surface area (Å²) in [6.45, 7) is 3.78. The van der Waals surface area contributed by atoms with Gasteiger partial charge in [0.2, 0.25) is 0 Å². The standard InChI is InChI=1S/C29H30F3NO5/c1-4-33(28(35)38-19-20-9-7-6-8-10-20)18-22-17-23(29(30,31)32)12-13-24(22)25-15-21(11-14-26(25)36-3)16-27(34)37-5-2/h6-15,17H,4-5,16,18-19H2,1-3H3. The number of halogens is 3. The van der Waals surface area contributed by atoms with E-state index in [-0.39, 0.29) is 38.3 Å². The van der Waals surface area contributed by atoms with Crippen molar-refractivity contribution >= 4 is 12.1 Å². The van der Waals surface area contributed by atoms with Crippen LogP contribution in [0.4, 0.5) is 18.0 Å². The molecule has 202 valence electrons. The Hall–Kier alpha value is -4.01. The highest BCUT2D eigenvalue weighted by molar-refractivity contribution is 5.78. The Morgan fingerprint density at radius 2 is 1.61 bits per heavy atom. The van der Waals surface area contributed by atoms with Gasteiger partial charge in [-0.15, -0.1) is 0 Å². The van der Waals surface area contributed by atoms with E-state index in [9.17, 15) is 22.8 Å². The second-order valence-electron chi connectivity index (χ2n) is 8.44. The molecule has 0 saturated heterocycles. The molecular weight excluding hydrogens is 499 g/mol. The lowest BCUT2D eigenvalue weighted by atomic mass is 9.94. The predicted molar refractivity (Wildman–Crippen MR) is 136 cm³/mol. The average molecular weight is 530 g/mol. The van der Waals surface area contributed by atoms with Crippen molar-refractivity contribution in [3.63, 3.8) is 0 Å². The number of amides is 1. The van der Waals surface area contributed by atoms with Crippen molar-refractivity contribution < 1.29 is 37.0 Å². The molecule has 0 aliphatic carbocycles. The van der Waals surface area contributed by atoms with Crippen molar-refractivity contribution in [3.05, 3.63) is 89.0 Å². The number of hydrogen-bond acceptors (Lipinski definition) is 5. The van der Waals surface area contributed by atoms with Crippen molar-refractivity contribution in [3.8, 4) is 16.9 Å². The van der Waals surface area contributed by atoms with Crippen molar-refractivity contribution in [1.29, 1.82) is 0 Å². The van der Waals surface area contributed by atoms with E-state index in [4.69, 9.17) is 14.2 Å². The third-order valence-corrected chi connectivity index (χ3v) is 5.85. The molecule has 3 aromatic carbocycles. The number of alkyl halides is 3. The Morgan fingerprint density at radius 3 is 2.24 bits per heavy atom. The van der Waals surface area contributed by atoms with E-state index in [1.54, 1.807) is 32.0 Å². The molecule has 0 spiro atoms. The van der Waals surface area contributed by atoms with Crippen LogP contribution in [0.2, 0.25) is 0 Å². The molecule has 0 radical (unpaired) electrons. The van der Waals surface area contributed by atoms with E-state index in [1.807, 2.05) is 30.3 Å². The van der Waals surface area contributed by atoms with Crippen LogP contribution in [0, 0.1) is 0 Å². The number of nitrogens with zero attached hydrogens (tertiary/aromatic N) is 1.